The maximum Gasteiger partial charge on any atom is 0.254 e. The molecule has 2 rings (SSSR count). The highest BCUT2D eigenvalue weighted by molar-refractivity contribution is 5.96. The average molecular weight is 292 g/mol. The average Bonchev–Trinajstić information content (AvgIpc) is 2.53. The first-order valence-electron chi connectivity index (χ1n) is 7.29. The molecule has 0 aliphatic carbocycles. The first kappa shape index (κ1) is 15.6. The number of likely N-dealkylation sites (N-methyl/N-ethyl adjacent to an activating group) is 1. The monoisotopic (exact) mass is 292 g/mol. The number of nitrogens with one attached hydrogen (secondary N) is 1. The minimum absolute atomic E-state index is 0.0633. The molecule has 5 heteroatoms. The Labute approximate surface area is 126 Å². The molecule has 0 saturated carbocycles. The predicted molar refractivity (Wildman–Crippen MR) is 82.3 cm³/mol. The zero-order chi connectivity index (χ0) is 15.4. The first-order chi connectivity index (χ1) is 10.1. The summed E-state index contributed by atoms with van der Waals surface area (Å²) >= 11 is 0. The van der Waals surface area contributed by atoms with Crippen LogP contribution < -0.4 is 14.8 Å². The van der Waals surface area contributed by atoms with Crippen LogP contribution in [0.1, 0.15) is 28.8 Å². The lowest BCUT2D eigenvalue weighted by Crippen LogP contribution is -2.47. The van der Waals surface area contributed by atoms with Crippen LogP contribution in [0.2, 0.25) is 0 Å². The topological polar surface area (TPSA) is 50.8 Å². The minimum atomic E-state index is 0.0633. The third-order valence-electron chi connectivity index (χ3n) is 4.08. The van der Waals surface area contributed by atoms with E-state index in [-0.39, 0.29) is 5.91 Å². The molecular formula is C16H24N2O3. The van der Waals surface area contributed by atoms with Crippen molar-refractivity contribution in [2.24, 2.45) is 0 Å². The van der Waals surface area contributed by atoms with Crippen molar-refractivity contribution in [3.05, 3.63) is 23.3 Å². The Balaban J connectivity index is 2.26. The van der Waals surface area contributed by atoms with Crippen molar-refractivity contribution in [3.8, 4) is 11.5 Å². The molecule has 1 aliphatic heterocycles. The second-order valence-electron chi connectivity index (χ2n) is 5.40. The highest BCUT2D eigenvalue weighted by Crippen LogP contribution is 2.31. The third kappa shape index (κ3) is 3.29. The number of hydrogen-bond donors (Lipinski definition) is 1. The molecule has 1 amide bonds. The van der Waals surface area contributed by atoms with Gasteiger partial charge in [-0.05, 0) is 44.5 Å². The highest BCUT2D eigenvalue weighted by Gasteiger charge is 2.25. The van der Waals surface area contributed by atoms with Gasteiger partial charge in [-0.3, -0.25) is 4.79 Å². The van der Waals surface area contributed by atoms with Crippen LogP contribution in [0.5, 0.6) is 11.5 Å². The Bertz CT molecular complexity index is 516. The molecule has 116 valence electrons. The van der Waals surface area contributed by atoms with Gasteiger partial charge in [0.1, 0.15) is 0 Å². The van der Waals surface area contributed by atoms with Crippen LogP contribution >= 0.6 is 0 Å². The summed E-state index contributed by atoms with van der Waals surface area (Å²) in [6, 6.07) is 4.01. The molecule has 0 spiro atoms. The van der Waals surface area contributed by atoms with E-state index in [1.165, 1.54) is 0 Å². The van der Waals surface area contributed by atoms with E-state index in [2.05, 4.69) is 5.32 Å². The lowest BCUT2D eigenvalue weighted by molar-refractivity contribution is 0.0697. The second kappa shape index (κ2) is 6.80. The molecule has 1 atom stereocenters. The molecule has 1 N–H and O–H groups in total. The van der Waals surface area contributed by atoms with Crippen molar-refractivity contribution in [1.82, 2.24) is 10.2 Å². The quantitative estimate of drug-likeness (QED) is 0.920. The van der Waals surface area contributed by atoms with E-state index in [0.717, 1.165) is 31.5 Å². The van der Waals surface area contributed by atoms with E-state index >= 15 is 0 Å². The largest absolute Gasteiger partial charge is 0.493 e. The molecular weight excluding hydrogens is 268 g/mol. The molecule has 1 saturated heterocycles. The Morgan fingerprint density at radius 2 is 1.95 bits per heavy atom. The van der Waals surface area contributed by atoms with Crippen LogP contribution in [0, 0.1) is 6.92 Å². The Kier molecular flexibility index (Phi) is 5.07. The molecule has 1 unspecified atom stereocenters. The van der Waals surface area contributed by atoms with Crippen molar-refractivity contribution in [2.75, 3.05) is 34.4 Å². The fraction of sp³-hybridized carbons (Fsp3) is 0.562. The van der Waals surface area contributed by atoms with Crippen LogP contribution in [0.25, 0.3) is 0 Å². The number of rotatable bonds is 4. The van der Waals surface area contributed by atoms with E-state index < -0.39 is 0 Å². The second-order valence-corrected chi connectivity index (χ2v) is 5.40. The smallest absolute Gasteiger partial charge is 0.254 e. The summed E-state index contributed by atoms with van der Waals surface area (Å²) < 4.78 is 10.6. The van der Waals surface area contributed by atoms with Gasteiger partial charge < -0.3 is 19.7 Å². The predicted octanol–water partition coefficient (Wildman–Crippen LogP) is 1.84. The fourth-order valence-electron chi connectivity index (χ4n) is 2.78. The minimum Gasteiger partial charge on any atom is -0.493 e. The van der Waals surface area contributed by atoms with Gasteiger partial charge in [0.05, 0.1) is 14.2 Å². The maximum atomic E-state index is 12.8. The van der Waals surface area contributed by atoms with E-state index in [0.29, 0.717) is 23.1 Å². The summed E-state index contributed by atoms with van der Waals surface area (Å²) in [6.07, 6.45) is 2.15. The Morgan fingerprint density at radius 1 is 1.29 bits per heavy atom. The summed E-state index contributed by atoms with van der Waals surface area (Å²) in [5.41, 5.74) is 1.59. The standard InChI is InChI=1S/C16H24N2O3/c1-11-8-14(20-3)15(21-4)9-13(11)16(19)18-7-5-6-12(10-18)17-2/h8-9,12,17H,5-7,10H2,1-4H3. The van der Waals surface area contributed by atoms with Gasteiger partial charge in [-0.25, -0.2) is 0 Å². The maximum absolute atomic E-state index is 12.8. The van der Waals surface area contributed by atoms with Crippen molar-refractivity contribution in [3.63, 3.8) is 0 Å². The molecule has 0 aromatic heterocycles. The zero-order valence-electron chi connectivity index (χ0n) is 13.2. The van der Waals surface area contributed by atoms with Gasteiger partial charge in [0.15, 0.2) is 11.5 Å². The number of methoxy groups -OCH3 is 2. The third-order valence-corrected chi connectivity index (χ3v) is 4.08. The number of hydrogen-bond acceptors (Lipinski definition) is 4. The number of piperidine rings is 1. The van der Waals surface area contributed by atoms with E-state index in [1.54, 1.807) is 20.3 Å². The lowest BCUT2D eigenvalue weighted by Gasteiger charge is -2.33. The molecule has 21 heavy (non-hydrogen) atoms. The number of ether oxygens (including phenoxy) is 2. The number of aryl methyl sites for hydroxylation is 1. The van der Waals surface area contributed by atoms with Crippen molar-refractivity contribution >= 4 is 5.91 Å². The zero-order valence-corrected chi connectivity index (χ0v) is 13.2. The van der Waals surface area contributed by atoms with Crippen molar-refractivity contribution in [2.45, 2.75) is 25.8 Å². The number of likely N-dealkylation sites (tertiary alicyclic amines) is 1. The van der Waals surface area contributed by atoms with Gasteiger partial charge in [0, 0.05) is 24.7 Å². The number of nitrogens with zero attached hydrogens (tertiary/aromatic N) is 1. The molecule has 0 radical (unpaired) electrons. The number of carbonyl (C=O) groups is 1. The van der Waals surface area contributed by atoms with Crippen LogP contribution in [-0.4, -0.2) is 51.2 Å². The number of carbonyl (C=O) groups excluding carboxylic acids is 1. The SMILES string of the molecule is CNC1CCCN(C(=O)c2cc(OC)c(OC)cc2C)C1. The van der Waals surface area contributed by atoms with Gasteiger partial charge in [0.25, 0.3) is 5.91 Å². The van der Waals surface area contributed by atoms with E-state index in [4.69, 9.17) is 9.47 Å². The molecule has 1 aliphatic rings. The van der Waals surface area contributed by atoms with Crippen LogP contribution in [0.15, 0.2) is 12.1 Å². The lowest BCUT2D eigenvalue weighted by atomic mass is 10.0. The first-order valence-corrected chi connectivity index (χ1v) is 7.29. The van der Waals surface area contributed by atoms with E-state index in [9.17, 15) is 4.79 Å². The molecule has 1 heterocycles. The summed E-state index contributed by atoms with van der Waals surface area (Å²) in [7, 11) is 5.13. The fourth-order valence-corrected chi connectivity index (χ4v) is 2.78. The summed E-state index contributed by atoms with van der Waals surface area (Å²) in [6.45, 7) is 3.49. The van der Waals surface area contributed by atoms with Gasteiger partial charge >= 0.3 is 0 Å². The van der Waals surface area contributed by atoms with Crippen LogP contribution in [0.4, 0.5) is 0 Å². The number of amides is 1. The van der Waals surface area contributed by atoms with Crippen molar-refractivity contribution in [1.29, 1.82) is 0 Å². The molecule has 1 aromatic carbocycles. The summed E-state index contributed by atoms with van der Waals surface area (Å²) in [5, 5.41) is 3.26. The molecule has 0 bridgehead atoms. The van der Waals surface area contributed by atoms with Crippen molar-refractivity contribution < 1.29 is 14.3 Å². The van der Waals surface area contributed by atoms with Gasteiger partial charge in [0.2, 0.25) is 0 Å². The highest BCUT2D eigenvalue weighted by atomic mass is 16.5. The van der Waals surface area contributed by atoms with Gasteiger partial charge in [-0.2, -0.15) is 0 Å². The van der Waals surface area contributed by atoms with Gasteiger partial charge in [-0.15, -0.1) is 0 Å². The molecule has 1 fully saturated rings. The Morgan fingerprint density at radius 3 is 2.57 bits per heavy atom. The van der Waals surface area contributed by atoms with Crippen LogP contribution in [0.3, 0.4) is 0 Å². The summed E-state index contributed by atoms with van der Waals surface area (Å²) in [4.78, 5) is 14.7. The summed E-state index contributed by atoms with van der Waals surface area (Å²) in [5.74, 6) is 1.31. The molecule has 5 nitrogen and oxygen atoms in total. The molecule has 1 aromatic rings. The Hall–Kier alpha value is -1.75. The van der Waals surface area contributed by atoms with Crippen LogP contribution in [-0.2, 0) is 0 Å². The van der Waals surface area contributed by atoms with E-state index in [1.807, 2.05) is 24.9 Å². The van der Waals surface area contributed by atoms with Gasteiger partial charge in [-0.1, -0.05) is 0 Å². The number of benzene rings is 1. The normalized spacial score (nSPS) is 18.5.